The number of imide groups is 1. The molecule has 2 aliphatic rings. The highest BCUT2D eigenvalue weighted by Crippen LogP contribution is 2.46. The molecule has 1 aliphatic heterocycles. The molecule has 2 heterocycles. The van der Waals surface area contributed by atoms with Crippen LogP contribution in [0.5, 0.6) is 5.75 Å². The molecule has 10 heteroatoms. The van der Waals surface area contributed by atoms with Crippen LogP contribution in [0.3, 0.4) is 0 Å². The molecule has 1 saturated carbocycles. The van der Waals surface area contributed by atoms with E-state index in [1.807, 2.05) is 0 Å². The molecule has 0 bridgehead atoms. The second kappa shape index (κ2) is 8.70. The summed E-state index contributed by atoms with van der Waals surface area (Å²) in [7, 11) is 2.76. The summed E-state index contributed by atoms with van der Waals surface area (Å²) in [5, 5.41) is 2.77. The summed E-state index contributed by atoms with van der Waals surface area (Å²) >= 11 is 1.08. The lowest BCUT2D eigenvalue weighted by Gasteiger charge is -2.20. The Bertz CT molecular complexity index is 1090. The number of nitrogens with zero attached hydrogens (tertiary/aromatic N) is 2. The number of carbonyl (C=O) groups excluding carboxylic acids is 4. The van der Waals surface area contributed by atoms with Gasteiger partial charge < -0.3 is 14.8 Å². The van der Waals surface area contributed by atoms with E-state index in [9.17, 15) is 19.2 Å². The predicted molar refractivity (Wildman–Crippen MR) is 116 cm³/mol. The fourth-order valence-corrected chi connectivity index (χ4v) is 5.39. The number of ether oxygens (including phenoxy) is 2. The fourth-order valence-electron chi connectivity index (χ4n) is 4.39. The zero-order valence-electron chi connectivity index (χ0n) is 17.8. The summed E-state index contributed by atoms with van der Waals surface area (Å²) in [5.74, 6) is -1.26. The molecule has 4 rings (SSSR count). The summed E-state index contributed by atoms with van der Waals surface area (Å²) in [6.45, 7) is -0.378. The number of aromatic nitrogens is 1. The van der Waals surface area contributed by atoms with Crippen molar-refractivity contribution < 1.29 is 28.7 Å². The van der Waals surface area contributed by atoms with Gasteiger partial charge in [0.15, 0.2) is 10.8 Å². The van der Waals surface area contributed by atoms with Crippen molar-refractivity contribution in [3.63, 3.8) is 0 Å². The summed E-state index contributed by atoms with van der Waals surface area (Å²) in [6.07, 6.45) is 3.38. The van der Waals surface area contributed by atoms with E-state index in [4.69, 9.17) is 9.47 Å². The van der Waals surface area contributed by atoms with Gasteiger partial charge in [0.25, 0.3) is 0 Å². The lowest BCUT2D eigenvalue weighted by Crippen LogP contribution is -2.39. The molecule has 168 valence electrons. The van der Waals surface area contributed by atoms with E-state index in [0.717, 1.165) is 29.1 Å². The van der Waals surface area contributed by atoms with Gasteiger partial charge in [-0.3, -0.25) is 19.3 Å². The minimum absolute atomic E-state index is 0.0375. The first-order chi connectivity index (χ1) is 15.4. The third-order valence-corrected chi connectivity index (χ3v) is 6.96. The Morgan fingerprint density at radius 2 is 1.91 bits per heavy atom. The number of thiazole rings is 1. The van der Waals surface area contributed by atoms with Crippen molar-refractivity contribution in [2.45, 2.75) is 32.1 Å². The molecule has 9 nitrogen and oxygen atoms in total. The van der Waals surface area contributed by atoms with Crippen molar-refractivity contribution >= 4 is 40.2 Å². The van der Waals surface area contributed by atoms with E-state index in [-0.39, 0.29) is 35.6 Å². The molecule has 0 atom stereocenters. The van der Waals surface area contributed by atoms with Crippen LogP contribution in [-0.4, -0.2) is 54.3 Å². The van der Waals surface area contributed by atoms with Crippen LogP contribution in [0.1, 0.15) is 42.6 Å². The van der Waals surface area contributed by atoms with Gasteiger partial charge in [-0.2, -0.15) is 0 Å². The van der Waals surface area contributed by atoms with Crippen molar-refractivity contribution in [1.82, 2.24) is 9.88 Å². The number of esters is 1. The zero-order chi connectivity index (χ0) is 22.9. The Labute approximate surface area is 188 Å². The van der Waals surface area contributed by atoms with E-state index in [2.05, 4.69) is 10.3 Å². The molecule has 1 spiro atoms. The number of methoxy groups -OCH3 is 2. The number of likely N-dealkylation sites (tertiary alicyclic amines) is 1. The highest BCUT2D eigenvalue weighted by molar-refractivity contribution is 7.19. The van der Waals surface area contributed by atoms with Crippen LogP contribution in [0.25, 0.3) is 10.4 Å². The quantitative estimate of drug-likeness (QED) is 0.524. The third kappa shape index (κ3) is 3.86. The summed E-state index contributed by atoms with van der Waals surface area (Å²) < 4.78 is 10.2. The number of anilines is 1. The number of hydrogen-bond acceptors (Lipinski definition) is 8. The van der Waals surface area contributed by atoms with E-state index >= 15 is 0 Å². The van der Waals surface area contributed by atoms with E-state index < -0.39 is 17.3 Å². The van der Waals surface area contributed by atoms with Crippen LogP contribution < -0.4 is 10.1 Å². The molecule has 1 aromatic heterocycles. The van der Waals surface area contributed by atoms with Crippen LogP contribution in [0.2, 0.25) is 0 Å². The number of benzene rings is 1. The predicted octanol–water partition coefficient (Wildman–Crippen LogP) is 2.86. The number of carbonyl (C=O) groups is 4. The number of amides is 3. The Balaban J connectivity index is 1.55. The van der Waals surface area contributed by atoms with Gasteiger partial charge >= 0.3 is 5.97 Å². The molecule has 1 N–H and O–H groups in total. The van der Waals surface area contributed by atoms with Crippen molar-refractivity contribution in [3.8, 4) is 16.2 Å². The molecule has 0 unspecified atom stereocenters. The topological polar surface area (TPSA) is 115 Å². The molecule has 3 amide bonds. The normalized spacial score (nSPS) is 17.1. The minimum atomic E-state index is -0.657. The molecule has 2 aromatic rings. The first-order valence-electron chi connectivity index (χ1n) is 10.3. The van der Waals surface area contributed by atoms with Crippen molar-refractivity contribution in [1.29, 1.82) is 0 Å². The summed E-state index contributed by atoms with van der Waals surface area (Å²) in [5.41, 5.74) is 0.0326. The van der Waals surface area contributed by atoms with Gasteiger partial charge in [-0.15, -0.1) is 0 Å². The van der Waals surface area contributed by atoms with E-state index in [1.165, 1.54) is 14.2 Å². The lowest BCUT2D eigenvalue weighted by molar-refractivity contribution is -0.143. The average Bonchev–Trinajstić information content (AvgIpc) is 3.49. The molecule has 32 heavy (non-hydrogen) atoms. The summed E-state index contributed by atoms with van der Waals surface area (Å²) in [6, 6.07) is 7.11. The van der Waals surface area contributed by atoms with Gasteiger partial charge in [0.1, 0.15) is 12.3 Å². The number of rotatable bonds is 6. The van der Waals surface area contributed by atoms with Gasteiger partial charge in [-0.05, 0) is 25.0 Å². The van der Waals surface area contributed by atoms with Gasteiger partial charge in [0.05, 0.1) is 24.5 Å². The Hall–Kier alpha value is -3.27. The third-order valence-electron chi connectivity index (χ3n) is 5.96. The Kier molecular flexibility index (Phi) is 5.96. The molecule has 0 radical (unpaired) electrons. The number of nitrogens with one attached hydrogen (secondary N) is 1. The van der Waals surface area contributed by atoms with Crippen LogP contribution >= 0.6 is 11.3 Å². The van der Waals surface area contributed by atoms with Crippen molar-refractivity contribution in [2.24, 2.45) is 5.41 Å². The van der Waals surface area contributed by atoms with E-state index in [0.29, 0.717) is 29.0 Å². The highest BCUT2D eigenvalue weighted by atomic mass is 32.1. The lowest BCUT2D eigenvalue weighted by atomic mass is 9.84. The largest absolute Gasteiger partial charge is 0.496 e. The molecule has 2 fully saturated rings. The molecular weight excluding hydrogens is 434 g/mol. The maximum absolute atomic E-state index is 12.8. The molecule has 1 aromatic carbocycles. The highest BCUT2D eigenvalue weighted by Gasteiger charge is 2.52. The first kappa shape index (κ1) is 21.9. The summed E-state index contributed by atoms with van der Waals surface area (Å²) in [4.78, 5) is 55.9. The van der Waals surface area contributed by atoms with E-state index in [1.54, 1.807) is 24.3 Å². The Morgan fingerprint density at radius 1 is 1.19 bits per heavy atom. The zero-order valence-corrected chi connectivity index (χ0v) is 18.6. The maximum Gasteiger partial charge on any atom is 0.358 e. The monoisotopic (exact) mass is 457 g/mol. The van der Waals surface area contributed by atoms with Crippen molar-refractivity contribution in [2.75, 3.05) is 26.1 Å². The molecular formula is C22H23N3O6S. The molecule has 1 aliphatic carbocycles. The SMILES string of the molecule is COC(=O)c1nc(NC(=O)CN2C(=O)CC3(CCCC3)C2=O)sc1-c1ccccc1OC. The van der Waals surface area contributed by atoms with Gasteiger partial charge in [-0.25, -0.2) is 9.78 Å². The van der Waals surface area contributed by atoms with Crippen LogP contribution in [0, 0.1) is 5.41 Å². The number of hydrogen-bond donors (Lipinski definition) is 1. The smallest absolute Gasteiger partial charge is 0.358 e. The molecule has 1 saturated heterocycles. The van der Waals surface area contributed by atoms with Crippen LogP contribution in [0.15, 0.2) is 24.3 Å². The Morgan fingerprint density at radius 3 is 2.59 bits per heavy atom. The van der Waals surface area contributed by atoms with Gasteiger partial charge in [0, 0.05) is 12.0 Å². The number of para-hydroxylation sites is 1. The van der Waals surface area contributed by atoms with Crippen LogP contribution in [0.4, 0.5) is 5.13 Å². The minimum Gasteiger partial charge on any atom is -0.496 e. The average molecular weight is 458 g/mol. The maximum atomic E-state index is 12.8. The van der Waals surface area contributed by atoms with Gasteiger partial charge in [-0.1, -0.05) is 36.3 Å². The van der Waals surface area contributed by atoms with Crippen LogP contribution in [-0.2, 0) is 19.1 Å². The fraction of sp³-hybridized carbons (Fsp3) is 0.409. The van der Waals surface area contributed by atoms with Crippen molar-refractivity contribution in [3.05, 3.63) is 30.0 Å². The second-order valence-corrected chi connectivity index (χ2v) is 8.89. The second-order valence-electron chi connectivity index (χ2n) is 7.89. The first-order valence-corrected chi connectivity index (χ1v) is 11.1. The van der Waals surface area contributed by atoms with Gasteiger partial charge in [0.2, 0.25) is 17.7 Å². The standard InChI is InChI=1S/C22H23N3O6S/c1-30-14-8-4-3-7-13(14)18-17(19(28)31-2)24-21(32-18)23-15(26)12-25-16(27)11-22(20(25)29)9-5-6-10-22/h3-4,7-8H,5-6,9-12H2,1-2H3,(H,23,24,26).